The summed E-state index contributed by atoms with van der Waals surface area (Å²) in [6.07, 6.45) is 3.53. The van der Waals surface area contributed by atoms with Crippen LogP contribution in [0.2, 0.25) is 5.02 Å². The molecule has 0 saturated carbocycles. The third-order valence-corrected chi connectivity index (χ3v) is 5.63. The van der Waals surface area contributed by atoms with Crippen LogP contribution in [0.5, 0.6) is 11.5 Å². The quantitative estimate of drug-likeness (QED) is 0.402. The van der Waals surface area contributed by atoms with Gasteiger partial charge in [-0.05, 0) is 61.4 Å². The van der Waals surface area contributed by atoms with Crippen LogP contribution in [0.1, 0.15) is 25.3 Å². The number of aromatic nitrogens is 1. The summed E-state index contributed by atoms with van der Waals surface area (Å²) in [5.41, 5.74) is 1.12. The Morgan fingerprint density at radius 2 is 1.89 bits per heavy atom. The van der Waals surface area contributed by atoms with E-state index in [4.69, 9.17) is 20.5 Å². The Kier molecular flexibility index (Phi) is 5.87. The van der Waals surface area contributed by atoms with Crippen LogP contribution in [0.4, 0.5) is 0 Å². The number of pyridine rings is 1. The Hall–Kier alpha value is -2.31. The fourth-order valence-corrected chi connectivity index (χ4v) is 3.85. The van der Waals surface area contributed by atoms with Gasteiger partial charge in [-0.25, -0.2) is 0 Å². The van der Waals surface area contributed by atoms with E-state index in [0.29, 0.717) is 28.3 Å². The normalized spacial score (nSPS) is 11.5. The zero-order valence-electron chi connectivity index (χ0n) is 15.1. The van der Waals surface area contributed by atoms with Gasteiger partial charge in [0.15, 0.2) is 5.75 Å². The zero-order valence-corrected chi connectivity index (χ0v) is 16.7. The van der Waals surface area contributed by atoms with Crippen LogP contribution in [0.3, 0.4) is 0 Å². The first-order valence-electron chi connectivity index (χ1n) is 8.63. The number of fused-ring (bicyclic) bond motifs is 1. The molecule has 0 aliphatic carbocycles. The topological polar surface area (TPSA) is 65.5 Å². The summed E-state index contributed by atoms with van der Waals surface area (Å²) < 4.78 is 36.5. The second-order valence-corrected chi connectivity index (χ2v) is 8.07. The summed E-state index contributed by atoms with van der Waals surface area (Å²) in [5, 5.41) is 1.11. The molecule has 1 heterocycles. The van der Waals surface area contributed by atoms with E-state index >= 15 is 0 Å². The molecule has 0 amide bonds. The maximum absolute atomic E-state index is 12.7. The molecule has 3 aromatic rings. The number of aryl methyl sites for hydroxylation is 1. The molecule has 0 aliphatic heterocycles. The molecule has 0 saturated heterocycles. The van der Waals surface area contributed by atoms with Gasteiger partial charge < -0.3 is 8.92 Å². The number of benzene rings is 2. The average molecular weight is 406 g/mol. The molecular formula is C20H20ClNO4S. The number of ether oxygens (including phenoxy) is 1. The van der Waals surface area contributed by atoms with E-state index in [2.05, 4.69) is 11.9 Å². The zero-order chi connectivity index (χ0) is 19.4. The lowest BCUT2D eigenvalue weighted by Gasteiger charge is -2.12. The van der Waals surface area contributed by atoms with Crippen molar-refractivity contribution in [2.45, 2.75) is 31.6 Å². The molecule has 7 heteroatoms. The Morgan fingerprint density at radius 1 is 1.11 bits per heavy atom. The van der Waals surface area contributed by atoms with E-state index in [-0.39, 0.29) is 10.6 Å². The van der Waals surface area contributed by atoms with Crippen molar-refractivity contribution in [3.8, 4) is 11.5 Å². The maximum Gasteiger partial charge on any atom is 0.339 e. The van der Waals surface area contributed by atoms with E-state index in [1.807, 2.05) is 0 Å². The van der Waals surface area contributed by atoms with Gasteiger partial charge in [0, 0.05) is 11.6 Å². The summed E-state index contributed by atoms with van der Waals surface area (Å²) in [6.45, 7) is 4.49. The number of nitrogens with zero attached hydrogens (tertiary/aromatic N) is 1. The highest BCUT2D eigenvalue weighted by molar-refractivity contribution is 7.87. The van der Waals surface area contributed by atoms with Gasteiger partial charge in [-0.2, -0.15) is 8.42 Å². The monoisotopic (exact) mass is 405 g/mol. The van der Waals surface area contributed by atoms with Gasteiger partial charge in [0.2, 0.25) is 0 Å². The van der Waals surface area contributed by atoms with Crippen molar-refractivity contribution in [2.75, 3.05) is 6.61 Å². The van der Waals surface area contributed by atoms with Crippen LogP contribution in [0.25, 0.3) is 10.9 Å². The molecule has 1 aromatic heterocycles. The highest BCUT2D eigenvalue weighted by Gasteiger charge is 2.20. The molecule has 0 spiro atoms. The molecular weight excluding hydrogens is 386 g/mol. The lowest BCUT2D eigenvalue weighted by atomic mass is 10.2. The summed E-state index contributed by atoms with van der Waals surface area (Å²) in [7, 11) is -4.02. The second-order valence-electron chi connectivity index (χ2n) is 6.11. The lowest BCUT2D eigenvalue weighted by Crippen LogP contribution is -2.11. The van der Waals surface area contributed by atoms with E-state index in [1.165, 1.54) is 12.1 Å². The minimum atomic E-state index is -4.02. The second kappa shape index (κ2) is 8.15. The molecule has 0 radical (unpaired) electrons. The van der Waals surface area contributed by atoms with Gasteiger partial charge in [-0.3, -0.25) is 4.98 Å². The molecule has 3 rings (SSSR count). The van der Waals surface area contributed by atoms with Gasteiger partial charge in [0.05, 0.1) is 11.6 Å². The van der Waals surface area contributed by atoms with Crippen LogP contribution >= 0.6 is 11.6 Å². The fourth-order valence-electron chi connectivity index (χ4n) is 2.61. The minimum absolute atomic E-state index is 0.0573. The molecule has 0 N–H and O–H groups in total. The molecule has 0 fully saturated rings. The van der Waals surface area contributed by atoms with Gasteiger partial charge in [-0.15, -0.1) is 0 Å². The molecule has 142 valence electrons. The maximum atomic E-state index is 12.7. The first-order valence-corrected chi connectivity index (χ1v) is 10.4. The first kappa shape index (κ1) is 19.5. The summed E-state index contributed by atoms with van der Waals surface area (Å²) in [6, 6.07) is 11.3. The predicted octanol–water partition coefficient (Wildman–Crippen LogP) is 5.14. The predicted molar refractivity (Wildman–Crippen MR) is 106 cm³/mol. The van der Waals surface area contributed by atoms with Crippen LogP contribution in [-0.2, 0) is 10.1 Å². The van der Waals surface area contributed by atoms with E-state index in [9.17, 15) is 8.42 Å². The highest BCUT2D eigenvalue weighted by atomic mass is 35.5. The van der Waals surface area contributed by atoms with Crippen LogP contribution in [-0.4, -0.2) is 20.0 Å². The SMILES string of the molecule is CCCCOc1ccc(S(=O)(=O)Oc2ccc(Cl)c3cccnc23)cc1C. The third kappa shape index (κ3) is 4.34. The van der Waals surface area contributed by atoms with Gasteiger partial charge in [0.25, 0.3) is 0 Å². The van der Waals surface area contributed by atoms with E-state index < -0.39 is 10.1 Å². The van der Waals surface area contributed by atoms with Crippen molar-refractivity contribution >= 4 is 32.6 Å². The highest BCUT2D eigenvalue weighted by Crippen LogP contribution is 2.32. The van der Waals surface area contributed by atoms with Gasteiger partial charge in [0.1, 0.15) is 16.2 Å². The van der Waals surface area contributed by atoms with Crippen molar-refractivity contribution in [1.82, 2.24) is 4.98 Å². The molecule has 0 atom stereocenters. The molecule has 0 unspecified atom stereocenters. The summed E-state index contributed by atoms with van der Waals surface area (Å²) >= 11 is 6.15. The molecule has 0 aliphatic rings. The van der Waals surface area contributed by atoms with Crippen molar-refractivity contribution in [3.63, 3.8) is 0 Å². The van der Waals surface area contributed by atoms with Crippen molar-refractivity contribution < 1.29 is 17.3 Å². The number of hydrogen-bond donors (Lipinski definition) is 0. The smallest absolute Gasteiger partial charge is 0.339 e. The number of hydrogen-bond acceptors (Lipinski definition) is 5. The summed E-state index contributed by atoms with van der Waals surface area (Å²) in [5.74, 6) is 0.803. The van der Waals surface area contributed by atoms with Gasteiger partial charge >= 0.3 is 10.1 Å². The Balaban J connectivity index is 1.90. The number of rotatable bonds is 7. The number of halogens is 1. The molecule has 5 nitrogen and oxygen atoms in total. The standard InChI is InChI=1S/C20H20ClNO4S/c1-3-4-12-25-18-9-7-15(13-14(18)2)27(23,24)26-19-10-8-17(21)16-6-5-11-22-20(16)19/h5-11,13H,3-4,12H2,1-2H3. The van der Waals surface area contributed by atoms with Crippen LogP contribution in [0, 0.1) is 6.92 Å². The minimum Gasteiger partial charge on any atom is -0.493 e. The Morgan fingerprint density at radius 3 is 2.63 bits per heavy atom. The Labute approximate surface area is 164 Å². The van der Waals surface area contributed by atoms with E-state index in [1.54, 1.807) is 43.5 Å². The van der Waals surface area contributed by atoms with Gasteiger partial charge in [-0.1, -0.05) is 24.9 Å². The van der Waals surface area contributed by atoms with E-state index in [0.717, 1.165) is 18.4 Å². The van der Waals surface area contributed by atoms with Crippen molar-refractivity contribution in [2.24, 2.45) is 0 Å². The first-order chi connectivity index (χ1) is 12.9. The Bertz CT molecular complexity index is 1070. The third-order valence-electron chi connectivity index (χ3n) is 4.07. The molecule has 0 bridgehead atoms. The van der Waals surface area contributed by atoms with Crippen molar-refractivity contribution in [1.29, 1.82) is 0 Å². The molecule has 2 aromatic carbocycles. The largest absolute Gasteiger partial charge is 0.493 e. The lowest BCUT2D eigenvalue weighted by molar-refractivity contribution is 0.307. The summed E-state index contributed by atoms with van der Waals surface area (Å²) in [4.78, 5) is 4.26. The fraction of sp³-hybridized carbons (Fsp3) is 0.250. The number of unbranched alkanes of at least 4 members (excludes halogenated alkanes) is 1. The molecule has 27 heavy (non-hydrogen) atoms. The average Bonchev–Trinajstić information content (AvgIpc) is 2.65. The van der Waals surface area contributed by atoms with Crippen LogP contribution in [0.15, 0.2) is 53.6 Å². The van der Waals surface area contributed by atoms with Crippen molar-refractivity contribution in [3.05, 3.63) is 59.2 Å². The van der Waals surface area contributed by atoms with Crippen LogP contribution < -0.4 is 8.92 Å².